The lowest BCUT2D eigenvalue weighted by Gasteiger charge is -2.12. The highest BCUT2D eigenvalue weighted by molar-refractivity contribution is 5.93. The number of para-hydroxylation sites is 4. The molecule has 1 N–H and O–H groups in total. The third-order valence-electron chi connectivity index (χ3n) is 5.22. The van der Waals surface area contributed by atoms with Gasteiger partial charge in [0.1, 0.15) is 22.8 Å². The second-order valence-electron chi connectivity index (χ2n) is 7.92. The Morgan fingerprint density at radius 2 is 1.41 bits per heavy atom. The SMILES string of the molecule is O=C(COc1ccccc1)Nc1ccc(OC(=O)COc2ccccc2)c(-c2nc3ccccc3o2)c1. The third-order valence-corrected chi connectivity index (χ3v) is 5.22. The van der Waals surface area contributed by atoms with Gasteiger partial charge in [0.05, 0.1) is 5.56 Å². The largest absolute Gasteiger partial charge is 0.484 e. The molecule has 0 fully saturated rings. The van der Waals surface area contributed by atoms with Crippen LogP contribution >= 0.6 is 0 Å². The number of fused-ring (bicyclic) bond motifs is 1. The number of anilines is 1. The summed E-state index contributed by atoms with van der Waals surface area (Å²) in [4.78, 5) is 29.5. The monoisotopic (exact) mass is 494 g/mol. The maximum absolute atomic E-state index is 12.5. The number of esters is 1. The lowest BCUT2D eigenvalue weighted by molar-refractivity contribution is -0.136. The highest BCUT2D eigenvalue weighted by Crippen LogP contribution is 2.34. The van der Waals surface area contributed by atoms with Crippen LogP contribution in [0.1, 0.15) is 0 Å². The Bertz CT molecular complexity index is 1480. The second-order valence-corrected chi connectivity index (χ2v) is 7.92. The minimum Gasteiger partial charge on any atom is -0.484 e. The molecule has 8 nitrogen and oxygen atoms in total. The van der Waals surface area contributed by atoms with Gasteiger partial charge in [-0.15, -0.1) is 0 Å². The number of oxazole rings is 1. The summed E-state index contributed by atoms with van der Waals surface area (Å²) in [6.45, 7) is -0.456. The number of amides is 1. The number of hydrogen-bond acceptors (Lipinski definition) is 7. The Morgan fingerprint density at radius 1 is 0.757 bits per heavy atom. The summed E-state index contributed by atoms with van der Waals surface area (Å²) in [5.74, 6) is 0.637. The minimum atomic E-state index is -0.603. The molecule has 8 heteroatoms. The van der Waals surface area contributed by atoms with E-state index < -0.39 is 5.97 Å². The van der Waals surface area contributed by atoms with E-state index in [2.05, 4.69) is 10.3 Å². The summed E-state index contributed by atoms with van der Waals surface area (Å²) in [5, 5.41) is 2.78. The maximum Gasteiger partial charge on any atom is 0.349 e. The van der Waals surface area contributed by atoms with Gasteiger partial charge >= 0.3 is 5.97 Å². The Morgan fingerprint density at radius 3 is 2.11 bits per heavy atom. The van der Waals surface area contributed by atoms with Crippen LogP contribution in [-0.4, -0.2) is 30.1 Å². The molecule has 184 valence electrons. The van der Waals surface area contributed by atoms with Crippen LogP contribution in [0.2, 0.25) is 0 Å². The van der Waals surface area contributed by atoms with Crippen LogP contribution in [0.5, 0.6) is 17.2 Å². The minimum absolute atomic E-state index is 0.171. The van der Waals surface area contributed by atoms with Gasteiger partial charge in [0.25, 0.3) is 5.91 Å². The molecular formula is C29H22N2O6. The average molecular weight is 495 g/mol. The van der Waals surface area contributed by atoms with Crippen molar-refractivity contribution >= 4 is 28.7 Å². The number of nitrogens with zero attached hydrogens (tertiary/aromatic N) is 1. The van der Waals surface area contributed by atoms with Gasteiger partial charge in [0, 0.05) is 5.69 Å². The van der Waals surface area contributed by atoms with Crippen molar-refractivity contribution in [2.24, 2.45) is 0 Å². The van der Waals surface area contributed by atoms with Crippen molar-refractivity contribution in [1.29, 1.82) is 0 Å². The van der Waals surface area contributed by atoms with Gasteiger partial charge in [0.2, 0.25) is 5.89 Å². The van der Waals surface area contributed by atoms with E-state index in [1.807, 2.05) is 54.6 Å². The molecule has 4 aromatic carbocycles. The smallest absolute Gasteiger partial charge is 0.349 e. The fraction of sp³-hybridized carbons (Fsp3) is 0.0690. The first kappa shape index (κ1) is 23.6. The van der Waals surface area contributed by atoms with E-state index >= 15 is 0 Å². The molecule has 5 aromatic rings. The van der Waals surface area contributed by atoms with E-state index in [0.29, 0.717) is 33.8 Å². The predicted octanol–water partition coefficient (Wildman–Crippen LogP) is 5.50. The molecule has 1 heterocycles. The van der Waals surface area contributed by atoms with Crippen molar-refractivity contribution in [2.45, 2.75) is 0 Å². The molecule has 0 bridgehead atoms. The van der Waals surface area contributed by atoms with Crippen LogP contribution in [0.15, 0.2) is 108 Å². The van der Waals surface area contributed by atoms with Gasteiger partial charge in [0.15, 0.2) is 18.8 Å². The first-order valence-corrected chi connectivity index (χ1v) is 11.5. The van der Waals surface area contributed by atoms with E-state index in [1.165, 1.54) is 0 Å². The molecule has 0 spiro atoms. The van der Waals surface area contributed by atoms with E-state index in [1.54, 1.807) is 48.5 Å². The van der Waals surface area contributed by atoms with Gasteiger partial charge in [-0.1, -0.05) is 48.5 Å². The predicted molar refractivity (Wildman–Crippen MR) is 138 cm³/mol. The zero-order valence-corrected chi connectivity index (χ0v) is 19.6. The van der Waals surface area contributed by atoms with Gasteiger partial charge in [-0.25, -0.2) is 9.78 Å². The van der Waals surface area contributed by atoms with Crippen LogP contribution in [0.3, 0.4) is 0 Å². The molecule has 0 saturated heterocycles. The molecule has 0 atom stereocenters. The molecule has 0 aliphatic carbocycles. The molecule has 1 aromatic heterocycles. The van der Waals surface area contributed by atoms with Crippen LogP contribution in [0.4, 0.5) is 5.69 Å². The van der Waals surface area contributed by atoms with Gasteiger partial charge in [-0.2, -0.15) is 0 Å². The number of rotatable bonds is 9. The van der Waals surface area contributed by atoms with Crippen molar-refractivity contribution < 1.29 is 28.2 Å². The average Bonchev–Trinajstić information content (AvgIpc) is 3.37. The fourth-order valence-corrected chi connectivity index (χ4v) is 3.53. The summed E-state index contributed by atoms with van der Waals surface area (Å²) < 4.78 is 22.5. The molecule has 0 aliphatic heterocycles. The quantitative estimate of drug-likeness (QED) is 0.213. The molecule has 0 aliphatic rings. The van der Waals surface area contributed by atoms with Crippen LogP contribution in [-0.2, 0) is 9.59 Å². The molecule has 1 amide bonds. The number of benzene rings is 4. The summed E-state index contributed by atoms with van der Waals surface area (Å²) in [6.07, 6.45) is 0. The zero-order chi connectivity index (χ0) is 25.5. The first-order valence-electron chi connectivity index (χ1n) is 11.5. The highest BCUT2D eigenvalue weighted by atomic mass is 16.6. The Kier molecular flexibility index (Phi) is 7.08. The lowest BCUT2D eigenvalue weighted by atomic mass is 10.1. The van der Waals surface area contributed by atoms with Crippen LogP contribution < -0.4 is 19.5 Å². The third kappa shape index (κ3) is 6.12. The zero-order valence-electron chi connectivity index (χ0n) is 19.6. The van der Waals surface area contributed by atoms with E-state index in [-0.39, 0.29) is 30.8 Å². The lowest BCUT2D eigenvalue weighted by Crippen LogP contribution is -2.20. The molecular weight excluding hydrogens is 472 g/mol. The summed E-state index contributed by atoms with van der Waals surface area (Å²) in [5.41, 5.74) is 2.08. The number of nitrogens with one attached hydrogen (secondary N) is 1. The van der Waals surface area contributed by atoms with Crippen molar-refractivity contribution in [1.82, 2.24) is 4.98 Å². The Balaban J connectivity index is 1.34. The molecule has 37 heavy (non-hydrogen) atoms. The summed E-state index contributed by atoms with van der Waals surface area (Å²) >= 11 is 0. The standard InChI is InChI=1S/C29H22N2O6/c32-27(18-34-21-9-3-1-4-10-21)30-20-15-16-25(36-28(33)19-35-22-11-5-2-6-12-22)23(17-20)29-31-24-13-7-8-14-26(24)37-29/h1-17H,18-19H2,(H,30,32). The van der Waals surface area contributed by atoms with Crippen LogP contribution in [0.25, 0.3) is 22.6 Å². The number of carbonyl (C=O) groups is 2. The van der Waals surface area contributed by atoms with Crippen LogP contribution in [0, 0.1) is 0 Å². The van der Waals surface area contributed by atoms with Crippen molar-refractivity contribution in [3.63, 3.8) is 0 Å². The molecule has 0 unspecified atom stereocenters. The maximum atomic E-state index is 12.5. The Labute approximate surface area is 212 Å². The molecule has 0 radical (unpaired) electrons. The van der Waals surface area contributed by atoms with Gasteiger partial charge in [-0.05, 0) is 54.6 Å². The van der Waals surface area contributed by atoms with Crippen molar-refractivity contribution in [2.75, 3.05) is 18.5 Å². The Hall–Kier alpha value is -5.11. The number of carbonyl (C=O) groups excluding carboxylic acids is 2. The van der Waals surface area contributed by atoms with Gasteiger partial charge in [-0.3, -0.25) is 4.79 Å². The fourth-order valence-electron chi connectivity index (χ4n) is 3.53. The highest BCUT2D eigenvalue weighted by Gasteiger charge is 2.18. The van der Waals surface area contributed by atoms with E-state index in [4.69, 9.17) is 18.6 Å². The first-order chi connectivity index (χ1) is 18.1. The summed E-state index contributed by atoms with van der Waals surface area (Å²) in [7, 11) is 0. The molecule has 5 rings (SSSR count). The van der Waals surface area contributed by atoms with Gasteiger partial charge < -0.3 is 23.9 Å². The van der Waals surface area contributed by atoms with Crippen molar-refractivity contribution in [3.8, 4) is 28.7 Å². The van der Waals surface area contributed by atoms with E-state index in [0.717, 1.165) is 0 Å². The van der Waals surface area contributed by atoms with E-state index in [9.17, 15) is 9.59 Å². The normalized spacial score (nSPS) is 10.6. The number of ether oxygens (including phenoxy) is 3. The molecule has 0 saturated carbocycles. The number of aromatic nitrogens is 1. The number of hydrogen-bond donors (Lipinski definition) is 1. The van der Waals surface area contributed by atoms with Crippen molar-refractivity contribution in [3.05, 3.63) is 103 Å². The summed E-state index contributed by atoms with van der Waals surface area (Å²) in [6, 6.07) is 30.1. The second kappa shape index (κ2) is 11.1. The topological polar surface area (TPSA) is 99.9 Å².